The van der Waals surface area contributed by atoms with Crippen molar-refractivity contribution in [3.8, 4) is 23.4 Å². The minimum absolute atomic E-state index is 0.0668. The maximum absolute atomic E-state index is 11.8. The van der Waals surface area contributed by atoms with Crippen LogP contribution in [0.1, 0.15) is 31.3 Å². The van der Waals surface area contributed by atoms with Crippen LogP contribution in [0.2, 0.25) is 0 Å². The highest BCUT2D eigenvalue weighted by atomic mass is 16.2. The predicted molar refractivity (Wildman–Crippen MR) is 90.8 cm³/mol. The van der Waals surface area contributed by atoms with E-state index in [1.807, 2.05) is 17.9 Å². The zero-order valence-electron chi connectivity index (χ0n) is 14.0. The minimum atomic E-state index is -0.0668. The number of nitrogens with zero attached hydrogens (tertiary/aromatic N) is 4. The number of hydrogen-bond donors (Lipinski definition) is 1. The molecule has 1 N–H and O–H groups in total. The highest BCUT2D eigenvalue weighted by Crippen LogP contribution is 2.22. The summed E-state index contributed by atoms with van der Waals surface area (Å²) in [6.07, 6.45) is 6.27. The zero-order valence-corrected chi connectivity index (χ0v) is 14.0. The second kappa shape index (κ2) is 7.26. The first kappa shape index (κ1) is 16.2. The van der Waals surface area contributed by atoms with E-state index in [1.165, 1.54) is 0 Å². The van der Waals surface area contributed by atoms with Crippen LogP contribution in [0.15, 0.2) is 18.5 Å². The molecule has 0 atom stereocenters. The first-order valence-electron chi connectivity index (χ1n) is 8.21. The average molecular weight is 323 g/mol. The third-order valence-corrected chi connectivity index (χ3v) is 4.25. The van der Waals surface area contributed by atoms with Crippen molar-refractivity contribution >= 4 is 5.91 Å². The summed E-state index contributed by atoms with van der Waals surface area (Å²) < 4.78 is 0. The molecule has 1 fully saturated rings. The van der Waals surface area contributed by atoms with E-state index in [1.54, 1.807) is 19.3 Å². The molecule has 3 rings (SSSR count). The molecule has 0 spiro atoms. The molecule has 0 radical (unpaired) electrons. The number of rotatable bonds is 3. The molecule has 6 nitrogen and oxygen atoms in total. The van der Waals surface area contributed by atoms with E-state index >= 15 is 0 Å². The number of carbonyl (C=O) groups excluding carboxylic acids is 1. The Hall–Kier alpha value is -2.68. The largest absolute Gasteiger partial charge is 0.343 e. The Bertz CT molecular complexity index is 764. The lowest BCUT2D eigenvalue weighted by Gasteiger charge is -2.30. The second-order valence-corrected chi connectivity index (χ2v) is 6.06. The molecule has 2 aromatic rings. The van der Waals surface area contributed by atoms with Crippen LogP contribution in [-0.4, -0.2) is 43.8 Å². The Kier molecular flexibility index (Phi) is 4.90. The van der Waals surface area contributed by atoms with Crippen LogP contribution in [0, 0.1) is 24.7 Å². The first-order chi connectivity index (χ1) is 11.7. The molecule has 0 saturated carbocycles. The number of aromatic nitrogens is 4. The predicted octanol–water partition coefficient (Wildman–Crippen LogP) is 1.98. The van der Waals surface area contributed by atoms with Gasteiger partial charge in [0, 0.05) is 37.6 Å². The van der Waals surface area contributed by atoms with E-state index in [9.17, 15) is 4.79 Å². The fourth-order valence-electron chi connectivity index (χ4n) is 3.03. The molecular formula is C18H21N5O. The molecule has 0 bridgehead atoms. The fourth-order valence-corrected chi connectivity index (χ4v) is 3.03. The lowest BCUT2D eigenvalue weighted by molar-refractivity contribution is -0.126. The maximum atomic E-state index is 11.8. The van der Waals surface area contributed by atoms with Gasteiger partial charge in [-0.05, 0) is 44.6 Å². The maximum Gasteiger partial charge on any atom is 0.298 e. The third kappa shape index (κ3) is 3.80. The second-order valence-electron chi connectivity index (χ2n) is 6.06. The summed E-state index contributed by atoms with van der Waals surface area (Å²) in [5.74, 6) is 7.32. The highest BCUT2D eigenvalue weighted by molar-refractivity contribution is 5.93. The van der Waals surface area contributed by atoms with Crippen LogP contribution in [0.5, 0.6) is 0 Å². The van der Waals surface area contributed by atoms with E-state index in [0.29, 0.717) is 5.92 Å². The Balaban J connectivity index is 1.65. The standard InChI is InChI=1S/C18H21N5O/c1-3-4-17(24)23-9-5-14(6-10-23)12-16-21-13(2)11-15(22-16)18-19-7-8-20-18/h7-8,11,14H,5-6,9-10,12H2,1-2H3,(H,19,20). The van der Waals surface area contributed by atoms with Crippen molar-refractivity contribution in [1.29, 1.82) is 0 Å². The molecule has 1 saturated heterocycles. The Labute approximate surface area is 141 Å². The van der Waals surface area contributed by atoms with Gasteiger partial charge in [0.1, 0.15) is 11.5 Å². The van der Waals surface area contributed by atoms with Gasteiger partial charge in [0.05, 0.1) is 0 Å². The van der Waals surface area contributed by atoms with Gasteiger partial charge < -0.3 is 9.88 Å². The van der Waals surface area contributed by atoms with E-state index in [4.69, 9.17) is 0 Å². The number of hydrogen-bond acceptors (Lipinski definition) is 4. The number of nitrogens with one attached hydrogen (secondary N) is 1. The van der Waals surface area contributed by atoms with Crippen LogP contribution < -0.4 is 0 Å². The van der Waals surface area contributed by atoms with Gasteiger partial charge in [0.25, 0.3) is 5.91 Å². The summed E-state index contributed by atoms with van der Waals surface area (Å²) in [6, 6.07) is 1.94. The number of likely N-dealkylation sites (tertiary alicyclic amines) is 1. The fraction of sp³-hybridized carbons (Fsp3) is 0.444. The van der Waals surface area contributed by atoms with E-state index < -0.39 is 0 Å². The van der Waals surface area contributed by atoms with Crippen LogP contribution in [0.3, 0.4) is 0 Å². The van der Waals surface area contributed by atoms with Crippen molar-refractivity contribution in [3.63, 3.8) is 0 Å². The smallest absolute Gasteiger partial charge is 0.298 e. The highest BCUT2D eigenvalue weighted by Gasteiger charge is 2.23. The summed E-state index contributed by atoms with van der Waals surface area (Å²) in [6.45, 7) is 5.18. The van der Waals surface area contributed by atoms with Crippen molar-refractivity contribution < 1.29 is 4.79 Å². The number of imidazole rings is 1. The monoisotopic (exact) mass is 323 g/mol. The molecule has 0 unspecified atom stereocenters. The number of aryl methyl sites for hydroxylation is 1. The van der Waals surface area contributed by atoms with Gasteiger partial charge in [-0.25, -0.2) is 15.0 Å². The van der Waals surface area contributed by atoms with Gasteiger partial charge in [0.2, 0.25) is 0 Å². The molecular weight excluding hydrogens is 302 g/mol. The van der Waals surface area contributed by atoms with Gasteiger partial charge in [-0.3, -0.25) is 4.79 Å². The summed E-state index contributed by atoms with van der Waals surface area (Å²) in [5.41, 5.74) is 1.77. The first-order valence-corrected chi connectivity index (χ1v) is 8.21. The third-order valence-electron chi connectivity index (χ3n) is 4.25. The summed E-state index contributed by atoms with van der Waals surface area (Å²) in [7, 11) is 0. The van der Waals surface area contributed by atoms with Gasteiger partial charge in [-0.1, -0.05) is 5.92 Å². The molecule has 2 aromatic heterocycles. The lowest BCUT2D eigenvalue weighted by atomic mass is 9.93. The summed E-state index contributed by atoms with van der Waals surface area (Å²) >= 11 is 0. The van der Waals surface area contributed by atoms with Gasteiger partial charge >= 0.3 is 0 Å². The number of carbonyl (C=O) groups is 1. The molecule has 3 heterocycles. The van der Waals surface area contributed by atoms with Crippen LogP contribution >= 0.6 is 0 Å². The molecule has 6 heteroatoms. The number of piperidine rings is 1. The van der Waals surface area contributed by atoms with Crippen molar-refractivity contribution in [3.05, 3.63) is 30.0 Å². The average Bonchev–Trinajstić information content (AvgIpc) is 3.10. The van der Waals surface area contributed by atoms with Crippen molar-refractivity contribution in [2.45, 2.75) is 33.1 Å². The van der Waals surface area contributed by atoms with Crippen molar-refractivity contribution in [1.82, 2.24) is 24.8 Å². The zero-order chi connectivity index (χ0) is 16.9. The Morgan fingerprint density at radius 1 is 1.38 bits per heavy atom. The summed E-state index contributed by atoms with van der Waals surface area (Å²) in [4.78, 5) is 30.2. The summed E-state index contributed by atoms with van der Waals surface area (Å²) in [5, 5.41) is 0. The van der Waals surface area contributed by atoms with Gasteiger partial charge in [-0.15, -0.1) is 0 Å². The van der Waals surface area contributed by atoms with Crippen molar-refractivity contribution in [2.24, 2.45) is 5.92 Å². The van der Waals surface area contributed by atoms with Crippen LogP contribution in [-0.2, 0) is 11.2 Å². The van der Waals surface area contributed by atoms with Crippen molar-refractivity contribution in [2.75, 3.05) is 13.1 Å². The molecule has 0 aliphatic carbocycles. The van der Waals surface area contributed by atoms with E-state index in [-0.39, 0.29) is 5.91 Å². The molecule has 0 aromatic carbocycles. The molecule has 1 aliphatic rings. The molecule has 1 aliphatic heterocycles. The molecule has 24 heavy (non-hydrogen) atoms. The van der Waals surface area contributed by atoms with E-state index in [0.717, 1.165) is 55.4 Å². The molecule has 1 amide bonds. The normalized spacial score (nSPS) is 15.0. The van der Waals surface area contributed by atoms with Crippen LogP contribution in [0.25, 0.3) is 11.5 Å². The van der Waals surface area contributed by atoms with Crippen LogP contribution in [0.4, 0.5) is 0 Å². The molecule has 124 valence electrons. The van der Waals surface area contributed by atoms with Gasteiger partial charge in [0.15, 0.2) is 5.82 Å². The van der Waals surface area contributed by atoms with Gasteiger partial charge in [-0.2, -0.15) is 0 Å². The number of aromatic amines is 1. The van der Waals surface area contributed by atoms with E-state index in [2.05, 4.69) is 31.8 Å². The quantitative estimate of drug-likeness (QED) is 0.877. The topological polar surface area (TPSA) is 74.8 Å². The Morgan fingerprint density at radius 2 is 2.17 bits per heavy atom. The number of amides is 1. The number of H-pyrrole nitrogens is 1. The minimum Gasteiger partial charge on any atom is -0.343 e. The SMILES string of the molecule is CC#CC(=O)N1CCC(Cc2nc(C)cc(-c3ncc[nH]3)n2)CC1. The Morgan fingerprint density at radius 3 is 2.83 bits per heavy atom. The lowest BCUT2D eigenvalue weighted by Crippen LogP contribution is -2.38.